The Kier molecular flexibility index (Phi) is 5.98. The largest absolute Gasteiger partial charge is 0.492 e. The molecule has 0 aliphatic rings. The Balaban J connectivity index is 2.70. The summed E-state index contributed by atoms with van der Waals surface area (Å²) in [4.78, 5) is 22.5. The van der Waals surface area contributed by atoms with Gasteiger partial charge in [0.05, 0.1) is 18.8 Å². The molecule has 0 fully saturated rings. The molecule has 0 aliphatic heterocycles. The maximum absolute atomic E-state index is 11.8. The van der Waals surface area contributed by atoms with Crippen LogP contribution >= 0.6 is 15.9 Å². The summed E-state index contributed by atoms with van der Waals surface area (Å²) < 4.78 is 6.12. The standard InChI is InChI=1S/C13H17BrN2O5/c1-3-21-10-5-4-8(14)6-9(10)16-12(19)15-7-13(2,20)11(17)18/h4-6,20H,3,7H2,1-2H3,(H,17,18)(H2,15,16,19). The number of carbonyl (C=O) groups is 2. The summed E-state index contributed by atoms with van der Waals surface area (Å²) in [6.07, 6.45) is 0. The van der Waals surface area contributed by atoms with Crippen molar-refractivity contribution >= 4 is 33.6 Å². The molecule has 0 heterocycles. The number of urea groups is 1. The molecule has 8 heteroatoms. The summed E-state index contributed by atoms with van der Waals surface area (Å²) >= 11 is 3.28. The Morgan fingerprint density at radius 1 is 1.43 bits per heavy atom. The summed E-state index contributed by atoms with van der Waals surface area (Å²) in [6, 6.07) is 4.47. The quantitative estimate of drug-likeness (QED) is 0.618. The first-order valence-electron chi connectivity index (χ1n) is 6.19. The van der Waals surface area contributed by atoms with Crippen molar-refractivity contribution in [3.63, 3.8) is 0 Å². The summed E-state index contributed by atoms with van der Waals surface area (Å²) in [7, 11) is 0. The van der Waals surface area contributed by atoms with Gasteiger partial charge in [-0.2, -0.15) is 0 Å². The van der Waals surface area contributed by atoms with Crippen molar-refractivity contribution in [2.24, 2.45) is 0 Å². The molecule has 0 bridgehead atoms. The van der Waals surface area contributed by atoms with Crippen LogP contribution in [0.2, 0.25) is 0 Å². The van der Waals surface area contributed by atoms with Gasteiger partial charge in [-0.1, -0.05) is 15.9 Å². The van der Waals surface area contributed by atoms with Gasteiger partial charge >= 0.3 is 12.0 Å². The monoisotopic (exact) mass is 360 g/mol. The second kappa shape index (κ2) is 7.28. The molecule has 21 heavy (non-hydrogen) atoms. The number of benzene rings is 1. The number of halogens is 1. The molecule has 1 atom stereocenters. The Bertz CT molecular complexity index is 533. The van der Waals surface area contributed by atoms with Crippen LogP contribution in [0.5, 0.6) is 5.75 Å². The first-order valence-corrected chi connectivity index (χ1v) is 6.98. The van der Waals surface area contributed by atoms with E-state index in [0.29, 0.717) is 18.0 Å². The molecule has 0 aliphatic carbocycles. The van der Waals surface area contributed by atoms with E-state index in [2.05, 4.69) is 26.6 Å². The van der Waals surface area contributed by atoms with Crippen LogP contribution < -0.4 is 15.4 Å². The van der Waals surface area contributed by atoms with Gasteiger partial charge in [0.2, 0.25) is 0 Å². The zero-order valence-electron chi connectivity index (χ0n) is 11.6. The lowest BCUT2D eigenvalue weighted by atomic mass is 10.1. The Morgan fingerprint density at radius 3 is 2.67 bits per heavy atom. The smallest absolute Gasteiger partial charge is 0.337 e. The molecule has 0 saturated heterocycles. The van der Waals surface area contributed by atoms with E-state index in [0.717, 1.165) is 11.4 Å². The highest BCUT2D eigenvalue weighted by Crippen LogP contribution is 2.28. The number of carboxylic acid groups (broad SMARTS) is 1. The van der Waals surface area contributed by atoms with Gasteiger partial charge in [-0.05, 0) is 32.0 Å². The fourth-order valence-corrected chi connectivity index (χ4v) is 1.74. The fraction of sp³-hybridized carbons (Fsp3) is 0.385. The van der Waals surface area contributed by atoms with E-state index < -0.39 is 24.1 Å². The number of carboxylic acids is 1. The van der Waals surface area contributed by atoms with Crippen LogP contribution in [-0.2, 0) is 4.79 Å². The lowest BCUT2D eigenvalue weighted by Gasteiger charge is -2.19. The first-order chi connectivity index (χ1) is 9.76. The molecule has 116 valence electrons. The number of nitrogens with one attached hydrogen (secondary N) is 2. The van der Waals surface area contributed by atoms with E-state index in [9.17, 15) is 14.7 Å². The van der Waals surface area contributed by atoms with Gasteiger partial charge in [-0.25, -0.2) is 9.59 Å². The number of carbonyl (C=O) groups excluding carboxylic acids is 1. The van der Waals surface area contributed by atoms with Gasteiger partial charge in [0, 0.05) is 4.47 Å². The highest BCUT2D eigenvalue weighted by Gasteiger charge is 2.30. The summed E-state index contributed by atoms with van der Waals surface area (Å²) in [6.45, 7) is 2.92. The number of hydrogen-bond acceptors (Lipinski definition) is 4. The molecule has 4 N–H and O–H groups in total. The predicted molar refractivity (Wildman–Crippen MR) is 80.6 cm³/mol. The van der Waals surface area contributed by atoms with Crippen LogP contribution in [0.25, 0.3) is 0 Å². The lowest BCUT2D eigenvalue weighted by Crippen LogP contribution is -2.47. The Labute approximate surface area is 130 Å². The van der Waals surface area contributed by atoms with Gasteiger partial charge in [-0.15, -0.1) is 0 Å². The minimum Gasteiger partial charge on any atom is -0.492 e. The molecule has 1 aromatic carbocycles. The Hall–Kier alpha value is -1.80. The first kappa shape index (κ1) is 17.3. The zero-order chi connectivity index (χ0) is 16.0. The highest BCUT2D eigenvalue weighted by molar-refractivity contribution is 9.10. The second-order valence-corrected chi connectivity index (χ2v) is 5.38. The molecule has 1 rings (SSSR count). The molecular formula is C13H17BrN2O5. The number of rotatable bonds is 6. The van der Waals surface area contributed by atoms with Crippen molar-refractivity contribution in [1.29, 1.82) is 0 Å². The van der Waals surface area contributed by atoms with Crippen molar-refractivity contribution in [3.8, 4) is 5.75 Å². The van der Waals surface area contributed by atoms with Crippen molar-refractivity contribution in [2.45, 2.75) is 19.4 Å². The zero-order valence-corrected chi connectivity index (χ0v) is 13.2. The number of aliphatic hydroxyl groups is 1. The van der Waals surface area contributed by atoms with Gasteiger partial charge in [0.15, 0.2) is 5.60 Å². The number of hydrogen-bond donors (Lipinski definition) is 4. The topological polar surface area (TPSA) is 108 Å². The number of aliphatic carboxylic acids is 1. The predicted octanol–water partition coefficient (Wildman–Crippen LogP) is 1.80. The highest BCUT2D eigenvalue weighted by atomic mass is 79.9. The molecule has 1 aromatic rings. The number of anilines is 1. The van der Waals surface area contributed by atoms with Crippen LogP contribution in [0.15, 0.2) is 22.7 Å². The van der Waals surface area contributed by atoms with E-state index in [1.807, 2.05) is 6.92 Å². The minimum absolute atomic E-state index is 0.424. The van der Waals surface area contributed by atoms with E-state index in [4.69, 9.17) is 9.84 Å². The minimum atomic E-state index is -2.03. The molecule has 0 aromatic heterocycles. The van der Waals surface area contributed by atoms with Crippen LogP contribution in [0.1, 0.15) is 13.8 Å². The third-order valence-electron chi connectivity index (χ3n) is 2.54. The number of amides is 2. The SMILES string of the molecule is CCOc1ccc(Br)cc1NC(=O)NCC(C)(O)C(=O)O. The van der Waals surface area contributed by atoms with E-state index in [-0.39, 0.29) is 0 Å². The molecule has 0 radical (unpaired) electrons. The maximum atomic E-state index is 11.8. The van der Waals surface area contributed by atoms with Crippen molar-refractivity contribution in [1.82, 2.24) is 5.32 Å². The van der Waals surface area contributed by atoms with E-state index in [1.165, 1.54) is 0 Å². The van der Waals surface area contributed by atoms with Gasteiger partial charge < -0.3 is 25.6 Å². The van der Waals surface area contributed by atoms with Gasteiger partial charge in [0.1, 0.15) is 5.75 Å². The molecular weight excluding hydrogens is 344 g/mol. The van der Waals surface area contributed by atoms with Crippen molar-refractivity contribution < 1.29 is 24.5 Å². The summed E-state index contributed by atoms with van der Waals surface area (Å²) in [5.41, 5.74) is -1.60. The summed E-state index contributed by atoms with van der Waals surface area (Å²) in [5.74, 6) is -0.930. The average Bonchev–Trinajstić information content (AvgIpc) is 2.40. The van der Waals surface area contributed by atoms with Gasteiger partial charge in [-0.3, -0.25) is 0 Å². The Morgan fingerprint density at radius 2 is 2.10 bits per heavy atom. The van der Waals surface area contributed by atoms with Crippen LogP contribution in [0.3, 0.4) is 0 Å². The second-order valence-electron chi connectivity index (χ2n) is 4.46. The average molecular weight is 361 g/mol. The molecule has 2 amide bonds. The van der Waals surface area contributed by atoms with E-state index in [1.54, 1.807) is 18.2 Å². The van der Waals surface area contributed by atoms with Crippen LogP contribution in [-0.4, -0.2) is 41.0 Å². The molecule has 0 saturated carbocycles. The number of ether oxygens (including phenoxy) is 1. The van der Waals surface area contributed by atoms with E-state index >= 15 is 0 Å². The molecule has 7 nitrogen and oxygen atoms in total. The van der Waals surface area contributed by atoms with Crippen molar-refractivity contribution in [2.75, 3.05) is 18.5 Å². The third-order valence-corrected chi connectivity index (χ3v) is 3.04. The van der Waals surface area contributed by atoms with Crippen LogP contribution in [0, 0.1) is 0 Å². The molecule has 1 unspecified atom stereocenters. The summed E-state index contributed by atoms with van der Waals surface area (Å²) in [5, 5.41) is 23.1. The third kappa shape index (κ3) is 5.24. The molecule has 0 spiro atoms. The van der Waals surface area contributed by atoms with Crippen molar-refractivity contribution in [3.05, 3.63) is 22.7 Å². The lowest BCUT2D eigenvalue weighted by molar-refractivity contribution is -0.155. The van der Waals surface area contributed by atoms with Crippen LogP contribution in [0.4, 0.5) is 10.5 Å². The normalized spacial score (nSPS) is 13.1. The maximum Gasteiger partial charge on any atom is 0.337 e. The van der Waals surface area contributed by atoms with Gasteiger partial charge in [0.25, 0.3) is 0 Å². The fourth-order valence-electron chi connectivity index (χ4n) is 1.38.